The maximum Gasteiger partial charge on any atom is 0.272 e. The topological polar surface area (TPSA) is 67.3 Å². The molecule has 1 rings (SSSR count). The molecule has 0 aliphatic heterocycles. The number of nitrogens with zero attached hydrogens (tertiary/aromatic N) is 2. The second-order valence-electron chi connectivity index (χ2n) is 5.62. The molecule has 1 amide bonds. The minimum Gasteiger partial charge on any atom is -0.331 e. The molecule has 0 saturated carbocycles. The van der Waals surface area contributed by atoms with E-state index in [0.29, 0.717) is 0 Å². The Morgan fingerprint density at radius 1 is 1.35 bits per heavy atom. The molecule has 0 aromatic carbocycles. The molecule has 0 aliphatic carbocycles. The number of sulfone groups is 1. The summed E-state index contributed by atoms with van der Waals surface area (Å²) in [6.07, 6.45) is 2.08. The van der Waals surface area contributed by atoms with Crippen LogP contribution in [0.3, 0.4) is 0 Å². The van der Waals surface area contributed by atoms with Gasteiger partial charge in [0.15, 0.2) is 0 Å². The zero-order valence-electron chi connectivity index (χ0n) is 12.1. The van der Waals surface area contributed by atoms with E-state index in [0.717, 1.165) is 18.5 Å². The van der Waals surface area contributed by atoms with E-state index < -0.39 is 27.1 Å². The van der Waals surface area contributed by atoms with Gasteiger partial charge in [0.05, 0.1) is 11.9 Å². The molecule has 0 saturated heterocycles. The Bertz CT molecular complexity index is 577. The van der Waals surface area contributed by atoms with Crippen LogP contribution in [0.2, 0.25) is 0 Å². The summed E-state index contributed by atoms with van der Waals surface area (Å²) >= 11 is 0. The molecule has 7 heteroatoms. The van der Waals surface area contributed by atoms with Crippen molar-refractivity contribution in [2.24, 2.45) is 0 Å². The number of hydrogen-bond donors (Lipinski definition) is 0. The molecule has 1 aromatic heterocycles. The van der Waals surface area contributed by atoms with Gasteiger partial charge in [-0.05, 0) is 32.9 Å². The molecule has 20 heavy (non-hydrogen) atoms. The summed E-state index contributed by atoms with van der Waals surface area (Å²) < 4.78 is 35.3. The number of aromatic nitrogens is 1. The Balaban J connectivity index is 2.99. The Kier molecular flexibility index (Phi) is 4.86. The monoisotopic (exact) mass is 302 g/mol. The van der Waals surface area contributed by atoms with E-state index in [1.54, 1.807) is 20.8 Å². The minimum absolute atomic E-state index is 0.0697. The second-order valence-corrected chi connectivity index (χ2v) is 7.88. The maximum absolute atomic E-state index is 12.8. The van der Waals surface area contributed by atoms with E-state index >= 15 is 0 Å². The minimum atomic E-state index is -3.18. The van der Waals surface area contributed by atoms with Crippen LogP contribution in [-0.2, 0) is 9.84 Å². The lowest BCUT2D eigenvalue weighted by Crippen LogP contribution is -2.48. The predicted octanol–water partition coefficient (Wildman–Crippen LogP) is 1.51. The van der Waals surface area contributed by atoms with Crippen LogP contribution in [0.4, 0.5) is 4.39 Å². The third-order valence-corrected chi connectivity index (χ3v) is 3.61. The highest BCUT2D eigenvalue weighted by Gasteiger charge is 2.28. The SMILES string of the molecule is CC(C)(C)N(CCS(C)(=O)=O)C(=O)c1ccc(F)cn1. The van der Waals surface area contributed by atoms with Gasteiger partial charge in [0, 0.05) is 18.3 Å². The van der Waals surface area contributed by atoms with Crippen LogP contribution in [0.1, 0.15) is 31.3 Å². The first-order chi connectivity index (χ1) is 9.00. The molecule has 0 unspecified atom stereocenters. The number of rotatable bonds is 4. The molecule has 0 bridgehead atoms. The van der Waals surface area contributed by atoms with E-state index in [1.807, 2.05) is 0 Å². The van der Waals surface area contributed by atoms with Crippen molar-refractivity contribution in [1.29, 1.82) is 0 Å². The highest BCUT2D eigenvalue weighted by atomic mass is 32.2. The van der Waals surface area contributed by atoms with E-state index in [-0.39, 0.29) is 18.0 Å². The summed E-state index contributed by atoms with van der Waals surface area (Å²) in [5, 5.41) is 0. The number of carbonyl (C=O) groups excluding carboxylic acids is 1. The standard InChI is InChI=1S/C13H19FN2O3S/c1-13(2,3)16(7-8-20(4,18)19)12(17)11-6-5-10(14)9-15-11/h5-6,9H,7-8H2,1-4H3. The van der Waals surface area contributed by atoms with Gasteiger partial charge in [-0.1, -0.05) is 0 Å². The zero-order valence-corrected chi connectivity index (χ0v) is 12.9. The lowest BCUT2D eigenvalue weighted by Gasteiger charge is -2.35. The summed E-state index contributed by atoms with van der Waals surface area (Å²) in [5.41, 5.74) is -0.465. The summed E-state index contributed by atoms with van der Waals surface area (Å²) in [7, 11) is -3.18. The molecule has 0 aliphatic rings. The van der Waals surface area contributed by atoms with E-state index in [9.17, 15) is 17.6 Å². The normalized spacial score (nSPS) is 12.2. The van der Waals surface area contributed by atoms with E-state index in [1.165, 1.54) is 11.0 Å². The van der Waals surface area contributed by atoms with Crippen molar-refractivity contribution in [1.82, 2.24) is 9.88 Å². The summed E-state index contributed by atoms with van der Waals surface area (Å²) in [5.74, 6) is -1.07. The molecule has 1 heterocycles. The fourth-order valence-corrected chi connectivity index (χ4v) is 2.15. The number of hydrogen-bond acceptors (Lipinski definition) is 4. The van der Waals surface area contributed by atoms with Gasteiger partial charge in [-0.25, -0.2) is 17.8 Å². The van der Waals surface area contributed by atoms with Crippen LogP contribution in [0.15, 0.2) is 18.3 Å². The Hall–Kier alpha value is -1.50. The van der Waals surface area contributed by atoms with Crippen LogP contribution >= 0.6 is 0 Å². The van der Waals surface area contributed by atoms with Crippen LogP contribution in [0, 0.1) is 5.82 Å². The van der Waals surface area contributed by atoms with E-state index in [4.69, 9.17) is 0 Å². The average molecular weight is 302 g/mol. The first-order valence-corrected chi connectivity index (χ1v) is 8.18. The number of carbonyl (C=O) groups is 1. The van der Waals surface area contributed by atoms with Crippen molar-refractivity contribution >= 4 is 15.7 Å². The molecular weight excluding hydrogens is 283 g/mol. The van der Waals surface area contributed by atoms with Crippen molar-refractivity contribution in [2.75, 3.05) is 18.6 Å². The van der Waals surface area contributed by atoms with Gasteiger partial charge in [0.2, 0.25) is 0 Å². The van der Waals surface area contributed by atoms with Crippen LogP contribution in [-0.4, -0.2) is 48.3 Å². The highest BCUT2D eigenvalue weighted by Crippen LogP contribution is 2.16. The molecular formula is C13H19FN2O3S. The van der Waals surface area contributed by atoms with Gasteiger partial charge >= 0.3 is 0 Å². The molecule has 0 atom stereocenters. The smallest absolute Gasteiger partial charge is 0.272 e. The third kappa shape index (κ3) is 4.88. The van der Waals surface area contributed by atoms with Crippen LogP contribution < -0.4 is 0 Å². The zero-order chi connectivity index (χ0) is 15.6. The fraction of sp³-hybridized carbons (Fsp3) is 0.538. The Morgan fingerprint density at radius 3 is 2.35 bits per heavy atom. The van der Waals surface area contributed by atoms with Crippen molar-refractivity contribution in [3.63, 3.8) is 0 Å². The Morgan fingerprint density at radius 2 is 1.95 bits per heavy atom. The summed E-state index contributed by atoms with van der Waals surface area (Å²) in [4.78, 5) is 17.5. The van der Waals surface area contributed by atoms with Crippen LogP contribution in [0.5, 0.6) is 0 Å². The maximum atomic E-state index is 12.8. The summed E-state index contributed by atoms with van der Waals surface area (Å²) in [6, 6.07) is 2.44. The lowest BCUT2D eigenvalue weighted by molar-refractivity contribution is 0.0595. The van der Waals surface area contributed by atoms with Gasteiger partial charge in [-0.2, -0.15) is 0 Å². The molecule has 112 valence electrons. The molecule has 0 N–H and O–H groups in total. The predicted molar refractivity (Wildman–Crippen MR) is 74.7 cm³/mol. The lowest BCUT2D eigenvalue weighted by atomic mass is 10.1. The first kappa shape index (κ1) is 16.6. The molecule has 0 fully saturated rings. The van der Waals surface area contributed by atoms with Crippen molar-refractivity contribution in [3.8, 4) is 0 Å². The Labute approximate surface area is 118 Å². The summed E-state index contributed by atoms with van der Waals surface area (Å²) in [6.45, 7) is 5.48. The van der Waals surface area contributed by atoms with Gasteiger partial charge in [-0.3, -0.25) is 4.79 Å². The molecule has 0 radical (unpaired) electrons. The van der Waals surface area contributed by atoms with Gasteiger partial charge in [0.1, 0.15) is 21.3 Å². The average Bonchev–Trinajstić information content (AvgIpc) is 2.26. The fourth-order valence-electron chi connectivity index (χ4n) is 1.64. The second kappa shape index (κ2) is 5.87. The highest BCUT2D eigenvalue weighted by molar-refractivity contribution is 7.90. The van der Waals surface area contributed by atoms with Gasteiger partial charge < -0.3 is 4.90 Å². The number of pyridine rings is 1. The van der Waals surface area contributed by atoms with Crippen molar-refractivity contribution in [2.45, 2.75) is 26.3 Å². The quantitative estimate of drug-likeness (QED) is 0.845. The van der Waals surface area contributed by atoms with Crippen LogP contribution in [0.25, 0.3) is 0 Å². The largest absolute Gasteiger partial charge is 0.331 e. The van der Waals surface area contributed by atoms with Gasteiger partial charge in [-0.15, -0.1) is 0 Å². The van der Waals surface area contributed by atoms with Crippen molar-refractivity contribution < 1.29 is 17.6 Å². The molecule has 5 nitrogen and oxygen atoms in total. The first-order valence-electron chi connectivity index (χ1n) is 6.12. The van der Waals surface area contributed by atoms with E-state index in [2.05, 4.69) is 4.98 Å². The number of amides is 1. The third-order valence-electron chi connectivity index (χ3n) is 2.69. The molecule has 0 spiro atoms. The number of halogens is 1. The molecule has 1 aromatic rings. The van der Waals surface area contributed by atoms with Gasteiger partial charge in [0.25, 0.3) is 5.91 Å². The van der Waals surface area contributed by atoms with Crippen molar-refractivity contribution in [3.05, 3.63) is 29.8 Å².